The van der Waals surface area contributed by atoms with E-state index < -0.39 is 29.4 Å². The van der Waals surface area contributed by atoms with E-state index >= 15 is 0 Å². The number of fused-ring (bicyclic) bond motifs is 1. The van der Waals surface area contributed by atoms with Gasteiger partial charge in [-0.25, -0.2) is 8.78 Å². The number of carbonyl (C=O) groups excluding carboxylic acids is 1. The first-order valence-corrected chi connectivity index (χ1v) is 12.3. The minimum Gasteiger partial charge on any atom is -0.493 e. The van der Waals surface area contributed by atoms with Crippen LogP contribution in [0.2, 0.25) is 0 Å². The van der Waals surface area contributed by atoms with Crippen LogP contribution in [0.3, 0.4) is 0 Å². The molecule has 206 valence electrons. The molecule has 12 heteroatoms. The average molecular weight is 543 g/mol. The van der Waals surface area contributed by atoms with Crippen molar-refractivity contribution in [1.29, 1.82) is 0 Å². The predicted octanol–water partition coefficient (Wildman–Crippen LogP) is 5.04. The van der Waals surface area contributed by atoms with E-state index in [1.165, 1.54) is 13.2 Å². The van der Waals surface area contributed by atoms with Gasteiger partial charge >= 0.3 is 6.18 Å². The fraction of sp³-hybridized carbons (Fsp3) is 0.538. The van der Waals surface area contributed by atoms with Crippen molar-refractivity contribution in [2.24, 2.45) is 5.92 Å². The van der Waals surface area contributed by atoms with Crippen LogP contribution in [0, 0.1) is 5.92 Å². The number of piperidine rings is 1. The molecule has 3 atom stereocenters. The number of alkyl halides is 5. The van der Waals surface area contributed by atoms with Crippen LogP contribution in [-0.4, -0.2) is 61.4 Å². The van der Waals surface area contributed by atoms with E-state index in [0.717, 1.165) is 18.3 Å². The maximum Gasteiger partial charge on any atom is 0.416 e. The van der Waals surface area contributed by atoms with Crippen molar-refractivity contribution in [2.45, 2.75) is 49.5 Å². The smallest absolute Gasteiger partial charge is 0.416 e. The molecule has 2 aliphatic heterocycles. The maximum atomic E-state index is 13.5. The van der Waals surface area contributed by atoms with Gasteiger partial charge in [0.05, 0.1) is 31.5 Å². The second-order valence-corrected chi connectivity index (χ2v) is 9.88. The summed E-state index contributed by atoms with van der Waals surface area (Å²) in [6.45, 7) is 0.285. The molecule has 0 N–H and O–H groups in total. The third-order valence-electron chi connectivity index (χ3n) is 7.44. The van der Waals surface area contributed by atoms with Crippen LogP contribution in [0.25, 0.3) is 0 Å². The highest BCUT2D eigenvalue weighted by molar-refractivity contribution is 5.95. The number of nitrogens with zero attached hydrogens (tertiary/aromatic N) is 2. The lowest BCUT2D eigenvalue weighted by Crippen LogP contribution is -2.54. The van der Waals surface area contributed by atoms with Gasteiger partial charge in [0.25, 0.3) is 5.91 Å². The normalized spacial score (nSPS) is 26.7. The van der Waals surface area contributed by atoms with Gasteiger partial charge in [-0.2, -0.15) is 13.2 Å². The van der Waals surface area contributed by atoms with Gasteiger partial charge in [-0.15, -0.1) is 0 Å². The summed E-state index contributed by atoms with van der Waals surface area (Å²) in [6.07, 6.45) is -3.93. The first-order chi connectivity index (χ1) is 18.0. The van der Waals surface area contributed by atoms with Gasteiger partial charge in [0.15, 0.2) is 11.5 Å². The van der Waals surface area contributed by atoms with Crippen LogP contribution in [0.15, 0.2) is 36.5 Å². The van der Waals surface area contributed by atoms with Crippen molar-refractivity contribution in [3.05, 3.63) is 53.3 Å². The Bertz CT molecular complexity index is 1190. The number of benzene rings is 1. The molecule has 1 amide bonds. The third kappa shape index (κ3) is 5.15. The van der Waals surface area contributed by atoms with Crippen molar-refractivity contribution < 1.29 is 45.7 Å². The van der Waals surface area contributed by atoms with Crippen molar-refractivity contribution in [1.82, 2.24) is 9.88 Å². The van der Waals surface area contributed by atoms with Crippen molar-refractivity contribution in [3.8, 4) is 11.5 Å². The average Bonchev–Trinajstić information content (AvgIpc) is 3.49. The first-order valence-electron chi connectivity index (χ1n) is 12.3. The Morgan fingerprint density at radius 1 is 1.18 bits per heavy atom. The molecule has 38 heavy (non-hydrogen) atoms. The fourth-order valence-electron chi connectivity index (χ4n) is 5.36. The van der Waals surface area contributed by atoms with E-state index in [-0.39, 0.29) is 63.3 Å². The number of pyridine rings is 1. The molecule has 3 unspecified atom stereocenters. The van der Waals surface area contributed by atoms with Crippen LogP contribution in [0.5, 0.6) is 11.5 Å². The number of carbonyl (C=O) groups is 1. The second kappa shape index (κ2) is 9.96. The highest BCUT2D eigenvalue weighted by Gasteiger charge is 2.52. The molecule has 7 nitrogen and oxygen atoms in total. The highest BCUT2D eigenvalue weighted by Crippen LogP contribution is 2.44. The summed E-state index contributed by atoms with van der Waals surface area (Å²) in [6, 6.07) is 6.51. The summed E-state index contributed by atoms with van der Waals surface area (Å²) in [5.74, 6) is -2.61. The number of rotatable bonds is 6. The monoisotopic (exact) mass is 542 g/mol. The van der Waals surface area contributed by atoms with Crippen LogP contribution >= 0.6 is 0 Å². The molecule has 0 spiro atoms. The summed E-state index contributed by atoms with van der Waals surface area (Å²) in [5, 5.41) is 0. The zero-order valence-electron chi connectivity index (χ0n) is 20.6. The molecule has 1 saturated carbocycles. The topological polar surface area (TPSA) is 70.1 Å². The van der Waals surface area contributed by atoms with E-state index in [2.05, 4.69) is 4.98 Å². The quantitative estimate of drug-likeness (QED) is 0.477. The molecule has 3 fully saturated rings. The lowest BCUT2D eigenvalue weighted by atomic mass is 9.84. The standard InChI is InChI=1S/C26H27F5N2O5/c1-35-20-10-17(2-3-19(20)36-14-16-4-6-24(27,28)12-16)23(34)33-9-7-25(22(13-33)37-15-38-25)21-11-18(5-8-32-21)26(29,30)31/h2-3,5,8,10-11,16,22H,4,6-7,9,12-15H2,1H3. The van der Waals surface area contributed by atoms with Crippen LogP contribution in [0.1, 0.15) is 47.3 Å². The molecule has 1 aromatic heterocycles. The van der Waals surface area contributed by atoms with E-state index in [4.69, 9.17) is 18.9 Å². The van der Waals surface area contributed by atoms with Crippen LogP contribution in [-0.2, 0) is 21.3 Å². The SMILES string of the molecule is COc1cc(C(=O)N2CCC3(c4cc(C(F)(F)F)ccn4)OCOC3C2)ccc1OCC1CCC(F)(F)C1. The zero-order chi connectivity index (χ0) is 27.1. The molecular weight excluding hydrogens is 515 g/mol. The molecule has 3 aliphatic rings. The van der Waals surface area contributed by atoms with E-state index in [1.807, 2.05) is 0 Å². The van der Waals surface area contributed by atoms with Crippen LogP contribution in [0.4, 0.5) is 22.0 Å². The Hall–Kier alpha value is -2.99. The number of methoxy groups -OCH3 is 1. The minimum absolute atomic E-state index is 0.0905. The van der Waals surface area contributed by atoms with E-state index in [9.17, 15) is 26.7 Å². The second-order valence-electron chi connectivity index (χ2n) is 9.88. The number of amides is 1. The largest absolute Gasteiger partial charge is 0.493 e. The zero-order valence-corrected chi connectivity index (χ0v) is 20.6. The van der Waals surface area contributed by atoms with E-state index in [1.54, 1.807) is 17.0 Å². The third-order valence-corrected chi connectivity index (χ3v) is 7.44. The predicted molar refractivity (Wildman–Crippen MR) is 123 cm³/mol. The Morgan fingerprint density at radius 3 is 2.71 bits per heavy atom. The van der Waals surface area contributed by atoms with Crippen molar-refractivity contribution in [2.75, 3.05) is 33.6 Å². The molecule has 0 bridgehead atoms. The number of likely N-dealkylation sites (tertiary alicyclic amines) is 1. The lowest BCUT2D eigenvalue weighted by Gasteiger charge is -2.41. The molecule has 5 rings (SSSR count). The Kier molecular flexibility index (Phi) is 6.97. The molecule has 3 heterocycles. The Morgan fingerprint density at radius 2 is 2.00 bits per heavy atom. The number of hydrogen-bond donors (Lipinski definition) is 0. The molecule has 1 aliphatic carbocycles. The van der Waals surface area contributed by atoms with Crippen LogP contribution < -0.4 is 9.47 Å². The van der Waals surface area contributed by atoms with E-state index in [0.29, 0.717) is 23.5 Å². The highest BCUT2D eigenvalue weighted by atomic mass is 19.4. The summed E-state index contributed by atoms with van der Waals surface area (Å²) in [7, 11) is 1.42. The molecular formula is C26H27F5N2O5. The number of aromatic nitrogens is 1. The maximum absolute atomic E-state index is 13.5. The van der Waals surface area contributed by atoms with Gasteiger partial charge in [-0.1, -0.05) is 0 Å². The summed E-state index contributed by atoms with van der Waals surface area (Å²) in [5.41, 5.74) is -1.60. The summed E-state index contributed by atoms with van der Waals surface area (Å²) < 4.78 is 89.3. The Labute approximate surface area is 215 Å². The number of ether oxygens (including phenoxy) is 4. The molecule has 0 radical (unpaired) electrons. The van der Waals surface area contributed by atoms with Gasteiger partial charge in [-0.3, -0.25) is 9.78 Å². The molecule has 2 aromatic rings. The minimum atomic E-state index is -4.53. The van der Waals surface area contributed by atoms with Crippen molar-refractivity contribution >= 4 is 5.91 Å². The molecule has 1 aromatic carbocycles. The number of halogens is 5. The Balaban J connectivity index is 1.28. The first kappa shape index (κ1) is 26.6. The number of hydrogen-bond acceptors (Lipinski definition) is 6. The van der Waals surface area contributed by atoms with Gasteiger partial charge < -0.3 is 23.8 Å². The molecule has 2 saturated heterocycles. The van der Waals surface area contributed by atoms with Gasteiger partial charge in [0.1, 0.15) is 18.5 Å². The van der Waals surface area contributed by atoms with Gasteiger partial charge in [-0.05, 0) is 42.7 Å². The van der Waals surface area contributed by atoms with Crippen molar-refractivity contribution in [3.63, 3.8) is 0 Å². The fourth-order valence-corrected chi connectivity index (χ4v) is 5.36. The van der Waals surface area contributed by atoms with Gasteiger partial charge in [0.2, 0.25) is 5.92 Å². The summed E-state index contributed by atoms with van der Waals surface area (Å²) in [4.78, 5) is 19.0. The van der Waals surface area contributed by atoms with Gasteiger partial charge in [0, 0.05) is 37.6 Å². The lowest BCUT2D eigenvalue weighted by molar-refractivity contribution is -0.138. The summed E-state index contributed by atoms with van der Waals surface area (Å²) >= 11 is 0.